The summed E-state index contributed by atoms with van der Waals surface area (Å²) >= 11 is 0. The second-order valence-electron chi connectivity index (χ2n) is 7.98. The summed E-state index contributed by atoms with van der Waals surface area (Å²) < 4.78 is 26.9. The number of anilines is 2. The van der Waals surface area contributed by atoms with Crippen LogP contribution in [0.1, 0.15) is 36.1 Å². The van der Waals surface area contributed by atoms with E-state index in [1.807, 2.05) is 18.2 Å². The molecule has 5 rings (SSSR count). The molecule has 0 atom stereocenters. The first-order chi connectivity index (χ1) is 15.0. The number of hydrogen-bond donors (Lipinski definition) is 1. The molecule has 1 N–H and O–H groups in total. The molecule has 3 aromatic rings. The lowest BCUT2D eigenvalue weighted by Crippen LogP contribution is -2.29. The summed E-state index contributed by atoms with van der Waals surface area (Å²) in [7, 11) is -3.44. The average Bonchev–Trinajstić information content (AvgIpc) is 3.46. The Morgan fingerprint density at radius 2 is 1.52 bits per heavy atom. The van der Waals surface area contributed by atoms with Crippen LogP contribution >= 0.6 is 0 Å². The zero-order chi connectivity index (χ0) is 21.8. The molecule has 0 fully saturated rings. The van der Waals surface area contributed by atoms with Crippen LogP contribution in [0.2, 0.25) is 0 Å². The molecule has 31 heavy (non-hydrogen) atoms. The monoisotopic (exact) mass is 434 g/mol. The van der Waals surface area contributed by atoms with E-state index in [1.165, 1.54) is 33.1 Å². The SMILES string of the molecule is CCc1ccc2c(c1)CCN2.CCc1ccc2c(c1)CCN2S(=O)(=O)c1ccccc1. The number of aryl methyl sites for hydroxylation is 2. The Morgan fingerprint density at radius 3 is 2.23 bits per heavy atom. The lowest BCUT2D eigenvalue weighted by Gasteiger charge is -2.19. The standard InChI is InChI=1S/C16H17NO2S.C10H13N/c1-2-13-8-9-16-14(12-13)10-11-17(16)20(18,19)15-6-4-3-5-7-15;1-2-8-3-4-10-9(7-8)5-6-11-10/h3-9,12H,2,10-11H2,1H3;3-4,7,11H,2,5-6H2,1H3. The lowest BCUT2D eigenvalue weighted by atomic mass is 10.1. The van der Waals surface area contributed by atoms with Crippen molar-refractivity contribution in [3.63, 3.8) is 0 Å². The molecule has 0 saturated carbocycles. The first kappa shape index (κ1) is 21.4. The maximum absolute atomic E-state index is 12.7. The highest BCUT2D eigenvalue weighted by Crippen LogP contribution is 2.33. The van der Waals surface area contributed by atoms with Crippen LogP contribution in [-0.2, 0) is 35.7 Å². The van der Waals surface area contributed by atoms with Crippen LogP contribution in [0.3, 0.4) is 0 Å². The van der Waals surface area contributed by atoms with Gasteiger partial charge in [0, 0.05) is 18.8 Å². The lowest BCUT2D eigenvalue weighted by molar-refractivity contribution is 0.592. The molecule has 162 valence electrons. The molecule has 2 aliphatic heterocycles. The van der Waals surface area contributed by atoms with Crippen molar-refractivity contribution in [2.24, 2.45) is 0 Å². The fraction of sp³-hybridized carbons (Fsp3) is 0.308. The quantitative estimate of drug-likeness (QED) is 0.613. The van der Waals surface area contributed by atoms with Gasteiger partial charge in [0.15, 0.2) is 0 Å². The maximum Gasteiger partial charge on any atom is 0.264 e. The largest absolute Gasteiger partial charge is 0.384 e. The molecule has 0 saturated heterocycles. The second-order valence-corrected chi connectivity index (χ2v) is 9.84. The highest BCUT2D eigenvalue weighted by Gasteiger charge is 2.30. The molecule has 0 aromatic heterocycles. The molecule has 2 heterocycles. The predicted molar refractivity (Wildman–Crippen MR) is 129 cm³/mol. The van der Waals surface area contributed by atoms with Gasteiger partial charge in [-0.25, -0.2) is 8.42 Å². The molecular formula is C26H30N2O2S. The van der Waals surface area contributed by atoms with E-state index < -0.39 is 10.0 Å². The Bertz CT molecular complexity index is 1160. The van der Waals surface area contributed by atoms with Crippen molar-refractivity contribution >= 4 is 21.4 Å². The molecule has 0 spiro atoms. The van der Waals surface area contributed by atoms with E-state index in [0.717, 1.165) is 37.1 Å². The summed E-state index contributed by atoms with van der Waals surface area (Å²) in [4.78, 5) is 0.354. The number of nitrogens with zero attached hydrogens (tertiary/aromatic N) is 1. The van der Waals surface area contributed by atoms with Crippen LogP contribution < -0.4 is 9.62 Å². The van der Waals surface area contributed by atoms with Gasteiger partial charge in [-0.05, 0) is 72.2 Å². The summed E-state index contributed by atoms with van der Waals surface area (Å²) in [6, 6.07) is 21.4. The zero-order valence-electron chi connectivity index (χ0n) is 18.3. The van der Waals surface area contributed by atoms with Crippen LogP contribution in [0.5, 0.6) is 0 Å². The van der Waals surface area contributed by atoms with Gasteiger partial charge in [-0.1, -0.05) is 56.3 Å². The summed E-state index contributed by atoms with van der Waals surface area (Å²) in [5.74, 6) is 0. The van der Waals surface area contributed by atoms with E-state index in [0.29, 0.717) is 11.4 Å². The van der Waals surface area contributed by atoms with Gasteiger partial charge in [0.1, 0.15) is 0 Å². The number of benzene rings is 3. The first-order valence-electron chi connectivity index (χ1n) is 11.1. The van der Waals surface area contributed by atoms with Crippen molar-refractivity contribution in [2.75, 3.05) is 22.7 Å². The van der Waals surface area contributed by atoms with Gasteiger partial charge < -0.3 is 5.32 Å². The van der Waals surface area contributed by atoms with Crippen LogP contribution in [0, 0.1) is 0 Å². The minimum atomic E-state index is -3.44. The van der Waals surface area contributed by atoms with E-state index in [4.69, 9.17) is 0 Å². The molecule has 0 radical (unpaired) electrons. The normalized spacial score (nSPS) is 14.3. The predicted octanol–water partition coefficient (Wildman–Crippen LogP) is 5.22. The fourth-order valence-corrected chi connectivity index (χ4v) is 5.72. The molecular weight excluding hydrogens is 404 g/mol. The average molecular weight is 435 g/mol. The number of rotatable bonds is 4. The van der Waals surface area contributed by atoms with Gasteiger partial charge in [0.25, 0.3) is 10.0 Å². The van der Waals surface area contributed by atoms with Gasteiger partial charge in [-0.3, -0.25) is 4.31 Å². The number of hydrogen-bond acceptors (Lipinski definition) is 3. The minimum absolute atomic E-state index is 0.354. The van der Waals surface area contributed by atoms with Crippen molar-refractivity contribution < 1.29 is 8.42 Å². The number of fused-ring (bicyclic) bond motifs is 2. The van der Waals surface area contributed by atoms with E-state index >= 15 is 0 Å². The van der Waals surface area contributed by atoms with Crippen molar-refractivity contribution in [1.29, 1.82) is 0 Å². The maximum atomic E-state index is 12.7. The van der Waals surface area contributed by atoms with E-state index in [2.05, 4.69) is 43.4 Å². The molecule has 5 heteroatoms. The minimum Gasteiger partial charge on any atom is -0.384 e. The van der Waals surface area contributed by atoms with Crippen molar-refractivity contribution in [3.05, 3.63) is 89.0 Å². The Kier molecular flexibility index (Phi) is 6.33. The third-order valence-corrected chi connectivity index (χ3v) is 7.85. The third kappa shape index (κ3) is 4.47. The Balaban J connectivity index is 0.000000177. The highest BCUT2D eigenvalue weighted by atomic mass is 32.2. The summed E-state index contributed by atoms with van der Waals surface area (Å²) in [5.41, 5.74) is 7.48. The Morgan fingerprint density at radius 1 is 0.839 bits per heavy atom. The smallest absolute Gasteiger partial charge is 0.264 e. The fourth-order valence-electron chi connectivity index (χ4n) is 4.19. The summed E-state index contributed by atoms with van der Waals surface area (Å²) in [6.45, 7) is 5.95. The van der Waals surface area contributed by atoms with Crippen LogP contribution in [-0.4, -0.2) is 21.5 Å². The van der Waals surface area contributed by atoms with Crippen molar-refractivity contribution in [2.45, 2.75) is 44.4 Å². The first-order valence-corrected chi connectivity index (χ1v) is 12.5. The topological polar surface area (TPSA) is 49.4 Å². The van der Waals surface area contributed by atoms with Crippen LogP contribution in [0.4, 0.5) is 11.4 Å². The van der Waals surface area contributed by atoms with Gasteiger partial charge >= 0.3 is 0 Å². The van der Waals surface area contributed by atoms with Crippen molar-refractivity contribution in [1.82, 2.24) is 0 Å². The third-order valence-electron chi connectivity index (χ3n) is 6.02. The molecule has 0 unspecified atom stereocenters. The van der Waals surface area contributed by atoms with Crippen LogP contribution in [0.25, 0.3) is 0 Å². The van der Waals surface area contributed by atoms with E-state index in [-0.39, 0.29) is 0 Å². The number of sulfonamides is 1. The summed E-state index contributed by atoms with van der Waals surface area (Å²) in [5, 5.41) is 3.35. The molecule has 0 bridgehead atoms. The Labute approximate surface area is 186 Å². The molecule has 0 aliphatic carbocycles. The second kappa shape index (κ2) is 9.15. The molecule has 2 aliphatic rings. The Hall–Kier alpha value is -2.79. The van der Waals surface area contributed by atoms with Gasteiger partial charge in [0.2, 0.25) is 0 Å². The zero-order valence-corrected chi connectivity index (χ0v) is 19.1. The van der Waals surface area contributed by atoms with Gasteiger partial charge in [-0.15, -0.1) is 0 Å². The summed E-state index contributed by atoms with van der Waals surface area (Å²) in [6.07, 6.45) is 4.10. The van der Waals surface area contributed by atoms with E-state index in [1.54, 1.807) is 24.3 Å². The molecule has 0 amide bonds. The van der Waals surface area contributed by atoms with Crippen LogP contribution in [0.15, 0.2) is 71.6 Å². The highest BCUT2D eigenvalue weighted by molar-refractivity contribution is 7.92. The van der Waals surface area contributed by atoms with Crippen molar-refractivity contribution in [3.8, 4) is 0 Å². The van der Waals surface area contributed by atoms with E-state index in [9.17, 15) is 8.42 Å². The number of nitrogens with one attached hydrogen (secondary N) is 1. The van der Waals surface area contributed by atoms with Gasteiger partial charge in [0.05, 0.1) is 10.6 Å². The molecule has 3 aromatic carbocycles. The molecule has 4 nitrogen and oxygen atoms in total. The van der Waals surface area contributed by atoms with Gasteiger partial charge in [-0.2, -0.15) is 0 Å².